The number of carbonyl (C=O) groups excluding carboxylic acids is 1. The van der Waals surface area contributed by atoms with Crippen LogP contribution in [0.25, 0.3) is 0 Å². The van der Waals surface area contributed by atoms with Crippen molar-refractivity contribution in [3.05, 3.63) is 22.7 Å². The number of sulfone groups is 1. The normalized spacial score (nSPS) is 14.7. The lowest BCUT2D eigenvalue weighted by Gasteiger charge is -2.18. The molecule has 0 radical (unpaired) electrons. The van der Waals surface area contributed by atoms with Crippen LogP contribution in [0.1, 0.15) is 30.1 Å². The van der Waals surface area contributed by atoms with Crippen LogP contribution in [0.5, 0.6) is 5.75 Å². The van der Waals surface area contributed by atoms with Crippen LogP contribution in [0.2, 0.25) is 5.02 Å². The van der Waals surface area contributed by atoms with E-state index >= 15 is 0 Å². The second kappa shape index (κ2) is 7.40. The largest absolute Gasteiger partial charge is 0.481 e. The highest BCUT2D eigenvalue weighted by Gasteiger charge is 2.26. The zero-order valence-electron chi connectivity index (χ0n) is 13.1. The second-order valence-corrected chi connectivity index (χ2v) is 7.96. The summed E-state index contributed by atoms with van der Waals surface area (Å²) in [6.45, 7) is 2.32. The minimum absolute atomic E-state index is 0.202. The molecule has 1 amide bonds. The van der Waals surface area contributed by atoms with Crippen molar-refractivity contribution < 1.29 is 27.9 Å². The van der Waals surface area contributed by atoms with Crippen LogP contribution in [-0.4, -0.2) is 55.7 Å². The van der Waals surface area contributed by atoms with E-state index in [1.165, 1.54) is 6.92 Å². The first-order valence-corrected chi connectivity index (χ1v) is 9.50. The maximum absolute atomic E-state index is 12.2. The van der Waals surface area contributed by atoms with E-state index < -0.39 is 22.4 Å². The Hall–Kier alpha value is -1.80. The van der Waals surface area contributed by atoms with Crippen molar-refractivity contribution in [2.45, 2.75) is 24.7 Å². The Bertz CT molecular complexity index is 755. The van der Waals surface area contributed by atoms with Crippen LogP contribution in [0, 0.1) is 0 Å². The van der Waals surface area contributed by atoms with E-state index in [-0.39, 0.29) is 32.9 Å². The molecule has 0 bridgehead atoms. The number of rotatable bonds is 6. The molecule has 0 atom stereocenters. The maximum Gasteiger partial charge on any atom is 0.337 e. The monoisotopic (exact) mass is 375 g/mol. The van der Waals surface area contributed by atoms with Gasteiger partial charge in [0.15, 0.2) is 22.2 Å². The minimum Gasteiger partial charge on any atom is -0.481 e. The average molecular weight is 376 g/mol. The van der Waals surface area contributed by atoms with Gasteiger partial charge in [-0.05, 0) is 25.0 Å². The molecule has 1 aliphatic heterocycles. The van der Waals surface area contributed by atoms with E-state index in [1.54, 1.807) is 4.90 Å². The maximum atomic E-state index is 12.2. The van der Waals surface area contributed by atoms with Crippen molar-refractivity contribution in [3.63, 3.8) is 0 Å². The van der Waals surface area contributed by atoms with Gasteiger partial charge in [0.1, 0.15) is 4.90 Å². The summed E-state index contributed by atoms with van der Waals surface area (Å²) in [6, 6.07) is 2.26. The van der Waals surface area contributed by atoms with Gasteiger partial charge in [0, 0.05) is 13.1 Å². The summed E-state index contributed by atoms with van der Waals surface area (Å²) >= 11 is 6.02. The van der Waals surface area contributed by atoms with E-state index in [4.69, 9.17) is 21.4 Å². The molecule has 0 spiro atoms. The molecule has 1 aromatic rings. The molecular formula is C15H18ClNO6S. The predicted octanol–water partition coefficient (Wildman–Crippen LogP) is 1.83. The quantitative estimate of drug-likeness (QED) is 0.814. The number of halogens is 1. The van der Waals surface area contributed by atoms with Gasteiger partial charge in [-0.1, -0.05) is 18.5 Å². The molecule has 7 nitrogen and oxygen atoms in total. The third kappa shape index (κ3) is 3.81. The van der Waals surface area contributed by atoms with Crippen molar-refractivity contribution >= 4 is 33.3 Å². The molecule has 132 valence electrons. The SMILES string of the molecule is CCS(=O)(=O)c1ccc(C(=O)O)c(Cl)c1OCC(=O)N1CCCC1. The van der Waals surface area contributed by atoms with Crippen molar-refractivity contribution in [1.82, 2.24) is 4.90 Å². The number of carboxylic acids is 1. The first kappa shape index (κ1) is 18.5. The number of ether oxygens (including phenoxy) is 1. The smallest absolute Gasteiger partial charge is 0.337 e. The third-order valence-corrected chi connectivity index (χ3v) is 5.93. The summed E-state index contributed by atoms with van der Waals surface area (Å²) in [5, 5.41) is 8.80. The first-order chi connectivity index (χ1) is 11.3. The standard InChI is InChI=1S/C15H18ClNO6S/c1-2-24(21,22)11-6-5-10(15(19)20)13(16)14(11)23-9-12(18)17-7-3-4-8-17/h5-6H,2-4,7-9H2,1H3,(H,19,20). The van der Waals surface area contributed by atoms with Gasteiger partial charge in [0.05, 0.1) is 16.3 Å². The Morgan fingerprint density at radius 3 is 2.46 bits per heavy atom. The van der Waals surface area contributed by atoms with Crippen molar-refractivity contribution in [1.29, 1.82) is 0 Å². The summed E-state index contributed by atoms with van der Waals surface area (Å²) in [7, 11) is -3.69. The van der Waals surface area contributed by atoms with Crippen LogP contribution in [0.4, 0.5) is 0 Å². The highest BCUT2D eigenvalue weighted by atomic mass is 35.5. The molecular weight excluding hydrogens is 358 g/mol. The summed E-state index contributed by atoms with van der Waals surface area (Å²) in [4.78, 5) is 24.7. The lowest BCUT2D eigenvalue weighted by molar-refractivity contribution is -0.132. The zero-order chi connectivity index (χ0) is 17.9. The fourth-order valence-corrected chi connectivity index (χ4v) is 3.82. The first-order valence-electron chi connectivity index (χ1n) is 7.47. The minimum atomic E-state index is -3.69. The van der Waals surface area contributed by atoms with Gasteiger partial charge in [-0.15, -0.1) is 0 Å². The highest BCUT2D eigenvalue weighted by molar-refractivity contribution is 7.91. The topological polar surface area (TPSA) is 101 Å². The van der Waals surface area contributed by atoms with Gasteiger partial charge in [-0.2, -0.15) is 0 Å². The number of amides is 1. The number of carbonyl (C=O) groups is 2. The van der Waals surface area contributed by atoms with Gasteiger partial charge in [0.25, 0.3) is 5.91 Å². The molecule has 2 rings (SSSR count). The number of hydrogen-bond acceptors (Lipinski definition) is 5. The zero-order valence-corrected chi connectivity index (χ0v) is 14.7. The molecule has 0 aliphatic carbocycles. The molecule has 0 aromatic heterocycles. The number of likely N-dealkylation sites (tertiary alicyclic amines) is 1. The van der Waals surface area contributed by atoms with Gasteiger partial charge in [0.2, 0.25) is 0 Å². The average Bonchev–Trinajstić information content (AvgIpc) is 3.07. The van der Waals surface area contributed by atoms with Crippen LogP contribution < -0.4 is 4.74 Å². The summed E-state index contributed by atoms with van der Waals surface area (Å²) < 4.78 is 29.7. The van der Waals surface area contributed by atoms with Crippen LogP contribution >= 0.6 is 11.6 Å². The molecule has 1 N–H and O–H groups in total. The van der Waals surface area contributed by atoms with E-state index in [2.05, 4.69) is 0 Å². The van der Waals surface area contributed by atoms with Gasteiger partial charge in [-0.3, -0.25) is 4.79 Å². The fraction of sp³-hybridized carbons (Fsp3) is 0.467. The van der Waals surface area contributed by atoms with Gasteiger partial charge >= 0.3 is 5.97 Å². The third-order valence-electron chi connectivity index (χ3n) is 3.81. The van der Waals surface area contributed by atoms with E-state index in [9.17, 15) is 18.0 Å². The number of aromatic carboxylic acids is 1. The molecule has 0 unspecified atom stereocenters. The molecule has 0 saturated carbocycles. The number of benzene rings is 1. The van der Waals surface area contributed by atoms with Crippen LogP contribution in [-0.2, 0) is 14.6 Å². The van der Waals surface area contributed by atoms with E-state index in [0.717, 1.165) is 25.0 Å². The fourth-order valence-electron chi connectivity index (χ4n) is 2.43. The molecule has 1 heterocycles. The van der Waals surface area contributed by atoms with Gasteiger partial charge in [-0.25, -0.2) is 13.2 Å². The van der Waals surface area contributed by atoms with Crippen molar-refractivity contribution in [2.24, 2.45) is 0 Å². The summed E-state index contributed by atoms with van der Waals surface area (Å²) in [5.74, 6) is -2.09. The Balaban J connectivity index is 2.35. The summed E-state index contributed by atoms with van der Waals surface area (Å²) in [5.41, 5.74) is -0.282. The summed E-state index contributed by atoms with van der Waals surface area (Å²) in [6.07, 6.45) is 1.83. The van der Waals surface area contributed by atoms with E-state index in [0.29, 0.717) is 13.1 Å². The molecule has 1 aromatic carbocycles. The Labute approximate surface area is 145 Å². The lowest BCUT2D eigenvalue weighted by atomic mass is 10.2. The molecule has 1 saturated heterocycles. The predicted molar refractivity (Wildman–Crippen MR) is 87.4 cm³/mol. The van der Waals surface area contributed by atoms with Crippen molar-refractivity contribution in [2.75, 3.05) is 25.4 Å². The number of nitrogens with zero attached hydrogens (tertiary/aromatic N) is 1. The van der Waals surface area contributed by atoms with Gasteiger partial charge < -0.3 is 14.7 Å². The van der Waals surface area contributed by atoms with Crippen LogP contribution in [0.15, 0.2) is 17.0 Å². The molecule has 9 heteroatoms. The Morgan fingerprint density at radius 2 is 1.92 bits per heavy atom. The molecule has 24 heavy (non-hydrogen) atoms. The van der Waals surface area contributed by atoms with Crippen molar-refractivity contribution in [3.8, 4) is 5.75 Å². The highest BCUT2D eigenvalue weighted by Crippen LogP contribution is 2.36. The Morgan fingerprint density at radius 1 is 1.29 bits per heavy atom. The second-order valence-electron chi connectivity index (χ2n) is 5.34. The Kier molecular flexibility index (Phi) is 5.71. The van der Waals surface area contributed by atoms with E-state index in [1.807, 2.05) is 0 Å². The number of carboxylic acid groups (broad SMARTS) is 1. The number of hydrogen-bond donors (Lipinski definition) is 1. The van der Waals surface area contributed by atoms with Crippen LogP contribution in [0.3, 0.4) is 0 Å². The lowest BCUT2D eigenvalue weighted by Crippen LogP contribution is -2.32. The molecule has 1 fully saturated rings. The molecule has 1 aliphatic rings.